The van der Waals surface area contributed by atoms with Gasteiger partial charge in [-0.25, -0.2) is 4.98 Å². The molecular weight excluding hydrogens is 255 g/mol. The molecule has 0 radical (unpaired) electrons. The second-order valence-corrected chi connectivity index (χ2v) is 4.77. The van der Waals surface area contributed by atoms with Crippen molar-refractivity contribution in [2.75, 3.05) is 13.1 Å². The summed E-state index contributed by atoms with van der Waals surface area (Å²) >= 11 is 0. The second kappa shape index (κ2) is 4.52. The number of fused-ring (bicyclic) bond motifs is 1. The first-order chi connectivity index (χ1) is 9.07. The zero-order chi connectivity index (χ0) is 13.5. The predicted octanol–water partition coefficient (Wildman–Crippen LogP) is 2.98. The van der Waals surface area contributed by atoms with Gasteiger partial charge in [0, 0.05) is 6.04 Å². The fraction of sp³-hybridized carbons (Fsp3) is 0.462. The van der Waals surface area contributed by atoms with Crippen molar-refractivity contribution in [1.82, 2.24) is 14.9 Å². The Morgan fingerprint density at radius 2 is 1.84 bits per heavy atom. The molecule has 1 fully saturated rings. The molecule has 3 nitrogen and oxygen atoms in total. The van der Waals surface area contributed by atoms with Crippen molar-refractivity contribution in [2.45, 2.75) is 25.1 Å². The average molecular weight is 269 g/mol. The van der Waals surface area contributed by atoms with Gasteiger partial charge in [0.15, 0.2) is 0 Å². The van der Waals surface area contributed by atoms with Crippen molar-refractivity contribution in [3.8, 4) is 0 Å². The van der Waals surface area contributed by atoms with Crippen molar-refractivity contribution in [1.29, 1.82) is 0 Å². The van der Waals surface area contributed by atoms with E-state index in [-0.39, 0.29) is 6.04 Å². The molecule has 2 heterocycles. The molecule has 0 atom stereocenters. The SMILES string of the molecule is FC(F)(F)c1nc2ccccc2n1C1CCNCC1. The molecule has 1 aromatic heterocycles. The van der Waals surface area contributed by atoms with Gasteiger partial charge in [-0.2, -0.15) is 13.2 Å². The minimum absolute atomic E-state index is 0.134. The van der Waals surface area contributed by atoms with Crippen LogP contribution in [-0.2, 0) is 6.18 Å². The van der Waals surface area contributed by atoms with E-state index in [4.69, 9.17) is 0 Å². The van der Waals surface area contributed by atoms with Crippen LogP contribution in [0, 0.1) is 0 Å². The van der Waals surface area contributed by atoms with Crippen molar-refractivity contribution >= 4 is 11.0 Å². The van der Waals surface area contributed by atoms with Crippen molar-refractivity contribution in [2.24, 2.45) is 0 Å². The molecule has 1 aliphatic rings. The highest BCUT2D eigenvalue weighted by Crippen LogP contribution is 2.35. The normalized spacial score (nSPS) is 18.1. The van der Waals surface area contributed by atoms with E-state index in [2.05, 4.69) is 10.3 Å². The van der Waals surface area contributed by atoms with Crippen LogP contribution in [0.3, 0.4) is 0 Å². The number of halogens is 3. The van der Waals surface area contributed by atoms with E-state index in [1.165, 1.54) is 4.57 Å². The first-order valence-corrected chi connectivity index (χ1v) is 6.32. The average Bonchev–Trinajstić information content (AvgIpc) is 2.79. The quantitative estimate of drug-likeness (QED) is 0.862. The van der Waals surface area contributed by atoms with Crippen molar-refractivity contribution < 1.29 is 13.2 Å². The highest BCUT2D eigenvalue weighted by Gasteiger charge is 2.39. The number of hydrogen-bond acceptors (Lipinski definition) is 2. The Labute approximate surface area is 108 Å². The van der Waals surface area contributed by atoms with Gasteiger partial charge in [-0.05, 0) is 38.1 Å². The number of rotatable bonds is 1. The fourth-order valence-electron chi connectivity index (χ4n) is 2.68. The highest BCUT2D eigenvalue weighted by atomic mass is 19.4. The Hall–Kier alpha value is -1.56. The third-order valence-electron chi connectivity index (χ3n) is 3.52. The smallest absolute Gasteiger partial charge is 0.317 e. The molecule has 0 saturated carbocycles. The Morgan fingerprint density at radius 1 is 1.16 bits per heavy atom. The number of nitrogens with zero attached hydrogens (tertiary/aromatic N) is 2. The number of hydrogen-bond donors (Lipinski definition) is 1. The number of alkyl halides is 3. The van der Waals surface area contributed by atoms with Crippen LogP contribution in [0.5, 0.6) is 0 Å². The van der Waals surface area contributed by atoms with Crippen molar-refractivity contribution in [3.63, 3.8) is 0 Å². The molecule has 0 bridgehead atoms. The third kappa shape index (κ3) is 2.20. The Kier molecular flexibility index (Phi) is 2.97. The van der Waals surface area contributed by atoms with Gasteiger partial charge >= 0.3 is 6.18 Å². The highest BCUT2D eigenvalue weighted by molar-refractivity contribution is 5.76. The van der Waals surface area contributed by atoms with E-state index in [0.717, 1.165) is 13.1 Å². The van der Waals surface area contributed by atoms with E-state index in [1.807, 2.05) is 0 Å². The van der Waals surface area contributed by atoms with Gasteiger partial charge in [0.05, 0.1) is 11.0 Å². The van der Waals surface area contributed by atoms with Crippen LogP contribution in [0.4, 0.5) is 13.2 Å². The first-order valence-electron chi connectivity index (χ1n) is 6.32. The standard InChI is InChI=1S/C13H14F3N3/c14-13(15,16)12-18-10-3-1-2-4-11(10)19(12)9-5-7-17-8-6-9/h1-4,9,17H,5-8H2. The lowest BCUT2D eigenvalue weighted by atomic mass is 10.1. The van der Waals surface area contributed by atoms with Crippen molar-refractivity contribution in [3.05, 3.63) is 30.1 Å². The summed E-state index contributed by atoms with van der Waals surface area (Å²) in [5.74, 6) is -0.777. The number of imidazole rings is 1. The topological polar surface area (TPSA) is 29.9 Å². The summed E-state index contributed by atoms with van der Waals surface area (Å²) in [4.78, 5) is 3.78. The lowest BCUT2D eigenvalue weighted by molar-refractivity contribution is -0.147. The second-order valence-electron chi connectivity index (χ2n) is 4.77. The molecule has 19 heavy (non-hydrogen) atoms. The number of nitrogens with one attached hydrogen (secondary N) is 1. The summed E-state index contributed by atoms with van der Waals surface area (Å²) < 4.78 is 40.8. The molecule has 0 unspecified atom stereocenters. The Balaban J connectivity index is 2.18. The Bertz CT molecular complexity index is 582. The van der Waals surface area contributed by atoms with Crippen LogP contribution in [0.1, 0.15) is 24.7 Å². The van der Waals surface area contributed by atoms with E-state index in [1.54, 1.807) is 24.3 Å². The molecule has 6 heteroatoms. The maximum Gasteiger partial charge on any atom is 0.449 e. The lowest BCUT2D eigenvalue weighted by Crippen LogP contribution is -2.31. The number of para-hydroxylation sites is 2. The van der Waals surface area contributed by atoms with Crippen LogP contribution in [0.2, 0.25) is 0 Å². The van der Waals surface area contributed by atoms with Gasteiger partial charge < -0.3 is 9.88 Å². The van der Waals surface area contributed by atoms with E-state index in [0.29, 0.717) is 23.9 Å². The summed E-state index contributed by atoms with van der Waals surface area (Å²) in [6.45, 7) is 1.49. The summed E-state index contributed by atoms with van der Waals surface area (Å²) in [5.41, 5.74) is 0.982. The first kappa shape index (κ1) is 12.5. The molecule has 0 amide bonds. The summed E-state index contributed by atoms with van der Waals surface area (Å²) in [6, 6.07) is 6.66. The van der Waals surface area contributed by atoms with Gasteiger partial charge in [0.2, 0.25) is 5.82 Å². The minimum atomic E-state index is -4.41. The van der Waals surface area contributed by atoms with E-state index >= 15 is 0 Å². The molecular formula is C13H14F3N3. The van der Waals surface area contributed by atoms with Gasteiger partial charge in [0.1, 0.15) is 0 Å². The van der Waals surface area contributed by atoms with Crippen LogP contribution in [-0.4, -0.2) is 22.6 Å². The summed E-state index contributed by atoms with van der Waals surface area (Å²) in [5, 5.41) is 3.17. The maximum atomic E-state index is 13.1. The molecule has 0 spiro atoms. The lowest BCUT2D eigenvalue weighted by Gasteiger charge is -2.26. The van der Waals surface area contributed by atoms with Crippen LogP contribution in [0.15, 0.2) is 24.3 Å². The molecule has 0 aliphatic carbocycles. The van der Waals surface area contributed by atoms with Gasteiger partial charge in [-0.1, -0.05) is 12.1 Å². The summed E-state index contributed by atoms with van der Waals surface area (Å²) in [6.07, 6.45) is -3.02. The molecule has 1 aromatic carbocycles. The van der Waals surface area contributed by atoms with Crippen LogP contribution >= 0.6 is 0 Å². The van der Waals surface area contributed by atoms with Gasteiger partial charge in [-0.3, -0.25) is 0 Å². The van der Waals surface area contributed by atoms with Crippen LogP contribution in [0.25, 0.3) is 11.0 Å². The molecule has 2 aromatic rings. The van der Waals surface area contributed by atoms with Gasteiger partial charge in [-0.15, -0.1) is 0 Å². The molecule has 102 valence electrons. The zero-order valence-corrected chi connectivity index (χ0v) is 10.2. The number of benzene rings is 1. The number of aromatic nitrogens is 2. The van der Waals surface area contributed by atoms with Crippen LogP contribution < -0.4 is 5.32 Å². The maximum absolute atomic E-state index is 13.1. The number of piperidine rings is 1. The molecule has 3 rings (SSSR count). The fourth-order valence-corrected chi connectivity index (χ4v) is 2.68. The molecule has 1 saturated heterocycles. The third-order valence-corrected chi connectivity index (χ3v) is 3.52. The Morgan fingerprint density at radius 3 is 2.53 bits per heavy atom. The molecule has 1 N–H and O–H groups in total. The monoisotopic (exact) mass is 269 g/mol. The molecule has 1 aliphatic heterocycles. The van der Waals surface area contributed by atoms with E-state index in [9.17, 15) is 13.2 Å². The minimum Gasteiger partial charge on any atom is -0.317 e. The predicted molar refractivity (Wildman–Crippen MR) is 65.9 cm³/mol. The largest absolute Gasteiger partial charge is 0.449 e. The zero-order valence-electron chi connectivity index (χ0n) is 10.2. The van der Waals surface area contributed by atoms with E-state index < -0.39 is 12.0 Å². The summed E-state index contributed by atoms with van der Waals surface area (Å²) in [7, 11) is 0. The van der Waals surface area contributed by atoms with Gasteiger partial charge in [0.25, 0.3) is 0 Å².